The van der Waals surface area contributed by atoms with Crippen LogP contribution in [-0.4, -0.2) is 9.13 Å². The lowest BCUT2D eigenvalue weighted by Crippen LogP contribution is -2.32. The van der Waals surface area contributed by atoms with E-state index in [9.17, 15) is 0 Å². The third-order valence-corrected chi connectivity index (χ3v) is 19.8. The van der Waals surface area contributed by atoms with Crippen molar-refractivity contribution < 1.29 is 66.0 Å². The monoisotopic (exact) mass is 1600 g/mol. The summed E-state index contributed by atoms with van der Waals surface area (Å²) in [7, 11) is 0. The molecule has 0 saturated carbocycles. The lowest BCUT2D eigenvalue weighted by molar-refractivity contribution is -0.688. The number of hydrogen-bond acceptors (Lipinski definition) is 12. The maximum atomic E-state index is 6.80. The summed E-state index contributed by atoms with van der Waals surface area (Å²) in [4.78, 5) is 0. The number of nitrogens with zero attached hydrogens (tertiary/aromatic N) is 4. The largest absolute Gasteiger partial charge is 0.489 e. The average Bonchev–Trinajstić information content (AvgIpc) is 1.77. The summed E-state index contributed by atoms with van der Waals surface area (Å²) in [5, 5.41) is 0. The summed E-state index contributed by atoms with van der Waals surface area (Å²) in [5.74, 6) is 7.83. The van der Waals surface area contributed by atoms with Crippen molar-refractivity contribution in [2.45, 2.75) is 99.0 Å². The highest BCUT2D eigenvalue weighted by Crippen LogP contribution is 2.34. The Morgan fingerprint density at radius 3 is 0.479 bits per heavy atom. The Labute approximate surface area is 706 Å². The Balaban J connectivity index is 0.647. The fourth-order valence-corrected chi connectivity index (χ4v) is 13.7. The van der Waals surface area contributed by atoms with Crippen LogP contribution in [0.4, 0.5) is 0 Å². The van der Waals surface area contributed by atoms with Gasteiger partial charge in [0.15, 0.2) is 0 Å². The molecular formula is C105H94N4O12+2. The molecule has 0 fully saturated rings. The van der Waals surface area contributed by atoms with E-state index in [1.807, 2.05) is 231 Å². The first-order valence-corrected chi connectivity index (χ1v) is 40.5. The fourth-order valence-electron chi connectivity index (χ4n) is 13.7. The van der Waals surface area contributed by atoms with Gasteiger partial charge in [0.1, 0.15) is 186 Å². The van der Waals surface area contributed by atoms with Crippen LogP contribution >= 0.6 is 0 Å². The van der Waals surface area contributed by atoms with E-state index in [1.165, 1.54) is 0 Å². The lowest BCUT2D eigenvalue weighted by Gasteiger charge is -2.16. The van der Waals surface area contributed by atoms with Crippen LogP contribution in [0, 0.1) is 0 Å². The minimum atomic E-state index is 0.216. The van der Waals surface area contributed by atoms with E-state index in [2.05, 4.69) is 177 Å². The second kappa shape index (κ2) is 41.3. The molecule has 16 rings (SSSR count). The summed E-state index contributed by atoms with van der Waals surface area (Å²) in [6, 6.07) is 117. The molecule has 0 aliphatic carbocycles. The molecule has 14 aromatic carbocycles. The molecule has 0 N–H and O–H groups in total. The van der Waals surface area contributed by atoms with Gasteiger partial charge in [-0.3, -0.25) is 0 Å². The smallest absolute Gasteiger partial charge is 0.247 e. The van der Waals surface area contributed by atoms with Gasteiger partial charge in [-0.25, -0.2) is 9.13 Å². The third-order valence-electron chi connectivity index (χ3n) is 19.8. The van der Waals surface area contributed by atoms with Gasteiger partial charge in [0.05, 0.1) is 0 Å². The van der Waals surface area contributed by atoms with Crippen LogP contribution in [0.3, 0.4) is 0 Å². The highest BCUT2D eigenvalue weighted by molar-refractivity contribution is 5.46. The minimum Gasteiger partial charge on any atom is -0.489 e. The molecule has 0 amide bonds. The van der Waals surface area contributed by atoms with E-state index < -0.39 is 0 Å². The molecule has 0 atom stereocenters. The number of ether oxygens (including phenoxy) is 12. The zero-order valence-corrected chi connectivity index (χ0v) is 67.2. The summed E-state index contributed by atoms with van der Waals surface area (Å²) >= 11 is 0. The van der Waals surface area contributed by atoms with E-state index in [1.54, 1.807) is 0 Å². The van der Waals surface area contributed by atoms with E-state index in [0.717, 1.165) is 77.9 Å². The Morgan fingerprint density at radius 1 is 0.165 bits per heavy atom. The van der Waals surface area contributed by atoms with Crippen LogP contribution in [0.2, 0.25) is 0 Å². The molecule has 604 valence electrons. The second-order valence-electron chi connectivity index (χ2n) is 29.6. The fraction of sp³-hybridized carbons (Fsp3) is 0.143. The SMILES string of the molecule is c1ccc(COc2cc(COc3cc(C[n+]4ccn(Cn5cc[n+](Cc6cc(OCc7cc(OCc8ccccc8)cc(OCc8ccccc8)c7)cc(OCc7cc(OCc8ccccc8)cc(OCc8ccccc8)c7)c6)c5)c4)cc(OCc4cc(OCc5ccccc5)cc(OCc5ccccc5)c4)c3)cc(OCc3ccccc3)c2)cc1. The first-order valence-electron chi connectivity index (χ1n) is 40.5. The first-order chi connectivity index (χ1) is 59.7. The summed E-state index contributed by atoms with van der Waals surface area (Å²) in [5.41, 5.74) is 13.8. The molecule has 0 aliphatic rings. The minimum absolute atomic E-state index is 0.216. The van der Waals surface area contributed by atoms with Crippen molar-refractivity contribution in [2.24, 2.45) is 0 Å². The Kier molecular flexibility index (Phi) is 27.3. The summed E-state index contributed by atoms with van der Waals surface area (Å²) in [6.45, 7) is 5.53. The van der Waals surface area contributed by atoms with Gasteiger partial charge in [-0.1, -0.05) is 243 Å². The molecule has 16 aromatic rings. The second-order valence-corrected chi connectivity index (χ2v) is 29.6. The number of aromatic nitrogens is 4. The molecule has 0 bridgehead atoms. The van der Waals surface area contributed by atoms with Crippen molar-refractivity contribution in [2.75, 3.05) is 0 Å². The predicted molar refractivity (Wildman–Crippen MR) is 465 cm³/mol. The Bertz CT molecular complexity index is 4980. The van der Waals surface area contributed by atoms with Crippen molar-refractivity contribution >= 4 is 0 Å². The molecular weight excluding hydrogens is 1510 g/mol. The highest BCUT2D eigenvalue weighted by atomic mass is 16.5. The van der Waals surface area contributed by atoms with E-state index in [4.69, 9.17) is 56.8 Å². The van der Waals surface area contributed by atoms with Crippen molar-refractivity contribution in [3.05, 3.63) is 467 Å². The lowest BCUT2D eigenvalue weighted by atomic mass is 10.1. The molecule has 0 saturated heterocycles. The number of imidazole rings is 2. The molecule has 121 heavy (non-hydrogen) atoms. The van der Waals surface area contributed by atoms with Crippen LogP contribution in [0.1, 0.15) is 77.9 Å². The molecule has 0 radical (unpaired) electrons. The van der Waals surface area contributed by atoms with Crippen LogP contribution in [0.25, 0.3) is 0 Å². The quantitative estimate of drug-likeness (QED) is 0.0338. The topological polar surface area (TPSA) is 128 Å². The van der Waals surface area contributed by atoms with Gasteiger partial charge in [-0.2, -0.15) is 9.13 Å². The molecule has 0 unspecified atom stereocenters. The standard InChI is InChI=1S/C105H94N4O12/c1-9-25-80(26-10-1)65-110-98-49-90(50-99(59-98)111-66-81-27-11-2-12-28-81)73-118-94-45-88(46-95(57-94)119-74-91-51-100(112-67-82-29-13-3-14-30-82)60-101(52-91)113-68-83-31-15-4-16-32-83)63-106-41-43-108(77-106)79-109-44-42-107(78-109)64-89-47-96(120-75-92-53-102(114-69-84-33-17-5-18-34-84)61-103(54-92)115-70-85-35-19-6-20-36-85)58-97(48-89)121-76-93-55-104(116-71-86-37-21-7-22-38-86)62-105(56-93)117-72-87-39-23-8-24-40-87/h1-62,77-78H,63-76,79H2/q+2. The van der Waals surface area contributed by atoms with Crippen LogP contribution in [0.5, 0.6) is 69.0 Å². The van der Waals surface area contributed by atoms with E-state index >= 15 is 0 Å². The van der Waals surface area contributed by atoms with E-state index in [-0.39, 0.29) is 26.4 Å². The Hall–Kier alpha value is -14.9. The maximum absolute atomic E-state index is 6.80. The first kappa shape index (κ1) is 79.9. The van der Waals surface area contributed by atoms with Gasteiger partial charge in [0, 0.05) is 47.5 Å². The number of hydrogen-bond donors (Lipinski definition) is 0. The number of rotatable bonds is 42. The van der Waals surface area contributed by atoms with Crippen molar-refractivity contribution in [1.82, 2.24) is 9.13 Å². The average molecular weight is 1600 g/mol. The van der Waals surface area contributed by atoms with Crippen molar-refractivity contribution in [1.29, 1.82) is 0 Å². The van der Waals surface area contributed by atoms with Gasteiger partial charge in [-0.15, -0.1) is 0 Å². The van der Waals surface area contributed by atoms with Crippen molar-refractivity contribution in [3.63, 3.8) is 0 Å². The molecule has 2 heterocycles. The maximum Gasteiger partial charge on any atom is 0.247 e. The van der Waals surface area contributed by atoms with Crippen LogP contribution in [-0.2, 0) is 99.0 Å². The molecule has 0 aliphatic heterocycles. The molecule has 16 heteroatoms. The van der Waals surface area contributed by atoms with Gasteiger partial charge in [0.2, 0.25) is 19.3 Å². The molecule has 16 nitrogen and oxygen atoms in total. The summed E-state index contributed by atoms with van der Waals surface area (Å²) in [6.07, 6.45) is 12.5. The normalized spacial score (nSPS) is 11.0. The highest BCUT2D eigenvalue weighted by Gasteiger charge is 2.18. The van der Waals surface area contributed by atoms with Gasteiger partial charge < -0.3 is 56.8 Å². The third kappa shape index (κ3) is 25.1. The number of benzene rings is 14. The van der Waals surface area contributed by atoms with Crippen LogP contribution in [0.15, 0.2) is 389 Å². The van der Waals surface area contributed by atoms with Crippen LogP contribution < -0.4 is 66.0 Å². The Morgan fingerprint density at radius 2 is 0.314 bits per heavy atom. The van der Waals surface area contributed by atoms with Gasteiger partial charge in [-0.05, 0) is 140 Å². The zero-order chi connectivity index (χ0) is 81.7. The van der Waals surface area contributed by atoms with Gasteiger partial charge in [0.25, 0.3) is 0 Å². The van der Waals surface area contributed by atoms with E-state index in [0.29, 0.717) is 142 Å². The molecule has 2 aromatic heterocycles. The molecule has 0 spiro atoms. The van der Waals surface area contributed by atoms with Gasteiger partial charge >= 0.3 is 0 Å². The zero-order valence-electron chi connectivity index (χ0n) is 67.2. The van der Waals surface area contributed by atoms with Crippen molar-refractivity contribution in [3.8, 4) is 69.0 Å². The summed E-state index contributed by atoms with van der Waals surface area (Å²) < 4.78 is 87.2. The predicted octanol–water partition coefficient (Wildman–Crippen LogP) is 21.4.